The van der Waals surface area contributed by atoms with Crippen LogP contribution in [0.25, 0.3) is 0 Å². The van der Waals surface area contributed by atoms with Crippen LogP contribution in [0.2, 0.25) is 0 Å². The minimum atomic E-state index is 0.480. The summed E-state index contributed by atoms with van der Waals surface area (Å²) in [7, 11) is 0. The van der Waals surface area contributed by atoms with Crippen molar-refractivity contribution >= 4 is 0 Å². The third-order valence-corrected chi connectivity index (χ3v) is 12.2. The number of ether oxygens (including phenoxy) is 32. The first kappa shape index (κ1) is 98.7. The van der Waals surface area contributed by atoms with Crippen LogP contribution >= 0.6 is 0 Å². The largest absolute Gasteiger partial charge is 0.379 e. The molecule has 100 heavy (non-hydrogen) atoms. The average molecular weight is 1470 g/mol. The fourth-order valence-electron chi connectivity index (χ4n) is 7.21. The zero-order valence-corrected chi connectivity index (χ0v) is 61.7. The zero-order valence-electron chi connectivity index (χ0n) is 61.7. The van der Waals surface area contributed by atoms with Crippen LogP contribution < -0.4 is 0 Å². The van der Waals surface area contributed by atoms with Gasteiger partial charge in [-0.1, -0.05) is 13.8 Å². The first-order valence-electron chi connectivity index (χ1n) is 36.4. The Morgan fingerprint density at radius 1 is 0.0700 bits per heavy atom. The van der Waals surface area contributed by atoms with Crippen molar-refractivity contribution in [2.24, 2.45) is 0 Å². The molecular formula is C68H138O32. The number of rotatable bonds is 97. The van der Waals surface area contributed by atoms with E-state index in [1.54, 1.807) is 0 Å². The summed E-state index contributed by atoms with van der Waals surface area (Å²) >= 11 is 0. The van der Waals surface area contributed by atoms with Gasteiger partial charge >= 0.3 is 0 Å². The van der Waals surface area contributed by atoms with E-state index in [0.29, 0.717) is 410 Å². The SMILES string of the molecule is CCCOCCOCCOCCOCCOCCOCCOCCOCCOCCOCCOCCOCCOCCOCCOCCOCCOCCOCCOCCOCCOCCOCCOCCOCCOCCOCCOCCOCCOCCOCCOCCOCCC. The third kappa shape index (κ3) is 96.7. The molecule has 0 amide bonds. The van der Waals surface area contributed by atoms with Gasteiger partial charge in [-0.3, -0.25) is 0 Å². The second-order valence-corrected chi connectivity index (χ2v) is 20.6. The standard InChI is InChI=1S/C68H138O32/c1-3-5-69-7-9-71-11-13-73-15-17-75-19-21-77-23-25-79-27-29-81-31-33-83-35-37-85-39-41-87-43-45-89-47-49-91-51-53-93-55-57-95-59-61-97-63-65-99-67-68-100-66-64-98-62-60-96-58-56-94-54-52-92-50-48-90-46-44-88-42-40-86-38-36-84-34-32-82-30-28-80-26-24-78-22-20-76-18-16-74-14-12-72-10-8-70-6-4-2/h3-68H2,1-2H3. The molecule has 0 radical (unpaired) electrons. The van der Waals surface area contributed by atoms with Crippen molar-refractivity contribution in [3.8, 4) is 0 Å². The molecule has 32 heteroatoms. The van der Waals surface area contributed by atoms with E-state index < -0.39 is 0 Å². The fraction of sp³-hybridized carbons (Fsp3) is 1.00. The second kappa shape index (κ2) is 97.7. The molecule has 0 fully saturated rings. The van der Waals surface area contributed by atoms with E-state index in [4.69, 9.17) is 152 Å². The van der Waals surface area contributed by atoms with Gasteiger partial charge in [-0.2, -0.15) is 0 Å². The van der Waals surface area contributed by atoms with Gasteiger partial charge in [0, 0.05) is 13.2 Å². The van der Waals surface area contributed by atoms with Gasteiger partial charge in [-0.15, -0.1) is 0 Å². The molecule has 0 N–H and O–H groups in total. The molecule has 0 aromatic rings. The molecule has 0 aliphatic rings. The summed E-state index contributed by atoms with van der Waals surface area (Å²) in [5, 5.41) is 0. The lowest BCUT2D eigenvalue weighted by atomic mass is 10.5. The van der Waals surface area contributed by atoms with Gasteiger partial charge in [0.1, 0.15) is 0 Å². The van der Waals surface area contributed by atoms with Gasteiger partial charge in [-0.25, -0.2) is 0 Å². The highest BCUT2D eigenvalue weighted by molar-refractivity contribution is 4.45. The Kier molecular flexibility index (Phi) is 96.5. The second-order valence-electron chi connectivity index (χ2n) is 20.6. The lowest BCUT2D eigenvalue weighted by Gasteiger charge is -2.09. The highest BCUT2D eigenvalue weighted by atomic mass is 16.6. The lowest BCUT2D eigenvalue weighted by molar-refractivity contribution is -0.0326. The van der Waals surface area contributed by atoms with E-state index in [1.807, 2.05) is 0 Å². The van der Waals surface area contributed by atoms with E-state index >= 15 is 0 Å². The Morgan fingerprint density at radius 2 is 0.110 bits per heavy atom. The molecule has 0 aliphatic heterocycles. The summed E-state index contributed by atoms with van der Waals surface area (Å²) in [6, 6.07) is 0. The first-order valence-corrected chi connectivity index (χ1v) is 36.4. The van der Waals surface area contributed by atoms with Gasteiger partial charge in [-0.05, 0) is 12.8 Å². The van der Waals surface area contributed by atoms with Gasteiger partial charge < -0.3 is 152 Å². The molecule has 0 aliphatic carbocycles. The fourth-order valence-corrected chi connectivity index (χ4v) is 7.21. The van der Waals surface area contributed by atoms with Gasteiger partial charge in [0.15, 0.2) is 0 Å². The summed E-state index contributed by atoms with van der Waals surface area (Å²) in [6.45, 7) is 36.8. The molecule has 0 saturated carbocycles. The van der Waals surface area contributed by atoms with Crippen molar-refractivity contribution in [1.29, 1.82) is 0 Å². The van der Waals surface area contributed by atoms with E-state index in [-0.39, 0.29) is 0 Å². The van der Waals surface area contributed by atoms with Gasteiger partial charge in [0.25, 0.3) is 0 Å². The molecule has 602 valence electrons. The molecule has 0 unspecified atom stereocenters. The molecule has 32 nitrogen and oxygen atoms in total. The summed E-state index contributed by atoms with van der Waals surface area (Å²) in [5.41, 5.74) is 0. The van der Waals surface area contributed by atoms with E-state index in [1.165, 1.54) is 0 Å². The van der Waals surface area contributed by atoms with Crippen LogP contribution in [0.1, 0.15) is 26.7 Å². The quantitative estimate of drug-likeness (QED) is 0.0790. The molecule has 0 aromatic carbocycles. The smallest absolute Gasteiger partial charge is 0.0701 e. The van der Waals surface area contributed by atoms with Crippen molar-refractivity contribution in [2.75, 3.05) is 423 Å². The van der Waals surface area contributed by atoms with E-state index in [9.17, 15) is 0 Å². The van der Waals surface area contributed by atoms with Crippen LogP contribution in [-0.4, -0.2) is 423 Å². The topological polar surface area (TPSA) is 295 Å². The molecule has 0 atom stereocenters. The van der Waals surface area contributed by atoms with Crippen LogP contribution in [0.5, 0.6) is 0 Å². The molecule has 0 heterocycles. The molecule has 0 aromatic heterocycles. The summed E-state index contributed by atoms with van der Waals surface area (Å²) < 4.78 is 176. The van der Waals surface area contributed by atoms with E-state index in [2.05, 4.69) is 13.8 Å². The normalized spacial score (nSPS) is 11.8. The monoisotopic (exact) mass is 1470 g/mol. The number of hydrogen-bond donors (Lipinski definition) is 0. The average Bonchev–Trinajstić information content (AvgIpc) is 3.66. The van der Waals surface area contributed by atoms with Crippen molar-refractivity contribution in [2.45, 2.75) is 26.7 Å². The molecule has 0 bridgehead atoms. The van der Waals surface area contributed by atoms with E-state index in [0.717, 1.165) is 26.1 Å². The number of hydrogen-bond acceptors (Lipinski definition) is 32. The Balaban J connectivity index is 3.09. The Labute approximate surface area is 599 Å². The Hall–Kier alpha value is -1.28. The Morgan fingerprint density at radius 3 is 0.150 bits per heavy atom. The van der Waals surface area contributed by atoms with Crippen molar-refractivity contribution in [1.82, 2.24) is 0 Å². The summed E-state index contributed by atoms with van der Waals surface area (Å²) in [4.78, 5) is 0. The maximum absolute atomic E-state index is 5.54. The minimum Gasteiger partial charge on any atom is -0.379 e. The van der Waals surface area contributed by atoms with Crippen LogP contribution in [0.4, 0.5) is 0 Å². The molecular weight excluding hydrogens is 1330 g/mol. The van der Waals surface area contributed by atoms with Crippen molar-refractivity contribution in [3.05, 3.63) is 0 Å². The molecule has 0 rings (SSSR count). The summed E-state index contributed by atoms with van der Waals surface area (Å²) in [5.74, 6) is 0. The highest BCUT2D eigenvalue weighted by Gasteiger charge is 2.03. The van der Waals surface area contributed by atoms with Crippen molar-refractivity contribution < 1.29 is 152 Å². The highest BCUT2D eigenvalue weighted by Crippen LogP contribution is 1.94. The van der Waals surface area contributed by atoms with Crippen LogP contribution in [0.3, 0.4) is 0 Å². The van der Waals surface area contributed by atoms with Crippen molar-refractivity contribution in [3.63, 3.8) is 0 Å². The molecule has 0 saturated heterocycles. The molecule has 0 spiro atoms. The minimum absolute atomic E-state index is 0.480. The predicted molar refractivity (Wildman–Crippen MR) is 367 cm³/mol. The van der Waals surface area contributed by atoms with Crippen LogP contribution in [0, 0.1) is 0 Å². The van der Waals surface area contributed by atoms with Crippen LogP contribution in [0.15, 0.2) is 0 Å². The maximum atomic E-state index is 5.54. The summed E-state index contributed by atoms with van der Waals surface area (Å²) in [6.07, 6.45) is 2.03. The first-order chi connectivity index (χ1) is 49.9. The lowest BCUT2D eigenvalue weighted by Crippen LogP contribution is -2.16. The maximum Gasteiger partial charge on any atom is 0.0701 e. The Bertz CT molecular complexity index is 1290. The third-order valence-electron chi connectivity index (χ3n) is 12.2. The van der Waals surface area contributed by atoms with Gasteiger partial charge in [0.05, 0.1) is 410 Å². The zero-order chi connectivity index (χ0) is 71.3. The van der Waals surface area contributed by atoms with Gasteiger partial charge in [0.2, 0.25) is 0 Å². The van der Waals surface area contributed by atoms with Crippen LogP contribution in [-0.2, 0) is 152 Å². The predicted octanol–water partition coefficient (Wildman–Crippen LogP) is 2.34.